The molecule has 120 valence electrons. The molecule has 23 heavy (non-hydrogen) atoms. The van der Waals surface area contributed by atoms with Crippen LogP contribution in [0.4, 0.5) is 11.4 Å². The molecule has 0 radical (unpaired) electrons. The molecule has 0 aromatic heterocycles. The monoisotopic (exact) mass is 352 g/mol. The van der Waals surface area contributed by atoms with E-state index in [-0.39, 0.29) is 12.7 Å². The summed E-state index contributed by atoms with van der Waals surface area (Å²) in [6.07, 6.45) is 0. The van der Waals surface area contributed by atoms with E-state index in [1.165, 1.54) is 0 Å². The van der Waals surface area contributed by atoms with Gasteiger partial charge in [0.2, 0.25) is 12.7 Å². The van der Waals surface area contributed by atoms with Crippen LogP contribution in [0.5, 0.6) is 11.5 Å². The van der Waals surface area contributed by atoms with Gasteiger partial charge in [-0.15, -0.1) is 0 Å². The largest absolute Gasteiger partial charge is 0.454 e. The molecule has 0 bridgehead atoms. The Kier molecular flexibility index (Phi) is 4.50. The first-order valence-electron chi connectivity index (χ1n) is 6.95. The van der Waals surface area contributed by atoms with Crippen molar-refractivity contribution in [1.82, 2.24) is 0 Å². The van der Waals surface area contributed by atoms with Crippen LogP contribution in [0.15, 0.2) is 36.4 Å². The predicted octanol–water partition coefficient (Wildman–Crippen LogP) is 4.16. The normalized spacial score (nSPS) is 13.5. The van der Waals surface area contributed by atoms with Gasteiger partial charge in [-0.25, -0.2) is 0 Å². The first-order valence-corrected chi connectivity index (χ1v) is 7.70. The SMILES string of the molecule is CC(Nc1ccc2c(c1)OCO2)C(=O)Nc1ccc(Cl)cc1Cl. The van der Waals surface area contributed by atoms with Gasteiger partial charge < -0.3 is 20.1 Å². The van der Waals surface area contributed by atoms with Gasteiger partial charge in [-0.1, -0.05) is 23.2 Å². The molecule has 1 heterocycles. The van der Waals surface area contributed by atoms with Gasteiger partial charge in [0.25, 0.3) is 0 Å². The Morgan fingerprint density at radius 3 is 2.70 bits per heavy atom. The maximum atomic E-state index is 12.3. The Balaban J connectivity index is 1.65. The molecule has 0 saturated carbocycles. The molecule has 2 aromatic rings. The quantitative estimate of drug-likeness (QED) is 0.867. The molecule has 3 rings (SSSR count). The van der Waals surface area contributed by atoms with Crippen LogP contribution >= 0.6 is 23.2 Å². The van der Waals surface area contributed by atoms with Crippen LogP contribution in [-0.4, -0.2) is 18.7 Å². The van der Waals surface area contributed by atoms with Gasteiger partial charge in [0, 0.05) is 16.8 Å². The van der Waals surface area contributed by atoms with Crippen molar-refractivity contribution in [1.29, 1.82) is 0 Å². The zero-order valence-electron chi connectivity index (χ0n) is 12.2. The second kappa shape index (κ2) is 6.56. The highest BCUT2D eigenvalue weighted by Gasteiger charge is 2.17. The van der Waals surface area contributed by atoms with E-state index in [1.807, 2.05) is 6.07 Å². The Morgan fingerprint density at radius 1 is 1.13 bits per heavy atom. The van der Waals surface area contributed by atoms with Crippen molar-refractivity contribution < 1.29 is 14.3 Å². The topological polar surface area (TPSA) is 59.6 Å². The molecule has 1 aliphatic rings. The lowest BCUT2D eigenvalue weighted by atomic mass is 10.2. The van der Waals surface area contributed by atoms with Gasteiger partial charge in [-0.2, -0.15) is 0 Å². The number of amides is 1. The zero-order chi connectivity index (χ0) is 16.4. The van der Waals surface area contributed by atoms with Gasteiger partial charge in [0.15, 0.2) is 11.5 Å². The number of anilines is 2. The van der Waals surface area contributed by atoms with E-state index < -0.39 is 6.04 Å². The van der Waals surface area contributed by atoms with Crippen molar-refractivity contribution in [3.05, 3.63) is 46.4 Å². The van der Waals surface area contributed by atoms with E-state index in [4.69, 9.17) is 32.7 Å². The van der Waals surface area contributed by atoms with Crippen molar-refractivity contribution in [2.45, 2.75) is 13.0 Å². The summed E-state index contributed by atoms with van der Waals surface area (Å²) in [5.41, 5.74) is 1.28. The van der Waals surface area contributed by atoms with Crippen molar-refractivity contribution >= 4 is 40.5 Å². The third-order valence-electron chi connectivity index (χ3n) is 3.34. The average Bonchev–Trinajstić information content (AvgIpc) is 2.97. The molecular formula is C16H14Cl2N2O3. The molecule has 2 N–H and O–H groups in total. The number of benzene rings is 2. The van der Waals surface area contributed by atoms with Crippen molar-refractivity contribution in [3.63, 3.8) is 0 Å². The average molecular weight is 353 g/mol. The minimum absolute atomic E-state index is 0.212. The summed E-state index contributed by atoms with van der Waals surface area (Å²) < 4.78 is 10.6. The van der Waals surface area contributed by atoms with Gasteiger partial charge >= 0.3 is 0 Å². The Bertz CT molecular complexity index is 752. The van der Waals surface area contributed by atoms with Gasteiger partial charge in [-0.3, -0.25) is 4.79 Å². The van der Waals surface area contributed by atoms with E-state index in [9.17, 15) is 4.79 Å². The zero-order valence-corrected chi connectivity index (χ0v) is 13.7. The Labute approximate surface area is 143 Å². The Hall–Kier alpha value is -2.11. The third-order valence-corrected chi connectivity index (χ3v) is 3.89. The minimum atomic E-state index is -0.470. The maximum absolute atomic E-state index is 12.3. The van der Waals surface area contributed by atoms with Gasteiger partial charge in [-0.05, 0) is 37.3 Å². The van der Waals surface area contributed by atoms with Crippen molar-refractivity contribution in [3.8, 4) is 11.5 Å². The smallest absolute Gasteiger partial charge is 0.246 e. The fourth-order valence-electron chi connectivity index (χ4n) is 2.13. The molecule has 0 aliphatic carbocycles. The molecule has 1 aliphatic heterocycles. The molecule has 2 aromatic carbocycles. The number of nitrogens with one attached hydrogen (secondary N) is 2. The molecule has 1 amide bonds. The van der Waals surface area contributed by atoms with Crippen LogP contribution in [0.1, 0.15) is 6.92 Å². The number of hydrogen-bond donors (Lipinski definition) is 2. The maximum Gasteiger partial charge on any atom is 0.246 e. The van der Waals surface area contributed by atoms with E-state index in [2.05, 4.69) is 10.6 Å². The van der Waals surface area contributed by atoms with Crippen molar-refractivity contribution in [2.75, 3.05) is 17.4 Å². The summed E-state index contributed by atoms with van der Waals surface area (Å²) in [5.74, 6) is 1.14. The molecule has 7 heteroatoms. The fourth-order valence-corrected chi connectivity index (χ4v) is 2.59. The first kappa shape index (κ1) is 15.8. The number of carbonyl (C=O) groups is 1. The highest BCUT2D eigenvalue weighted by atomic mass is 35.5. The summed E-state index contributed by atoms with van der Waals surface area (Å²) in [4.78, 5) is 12.3. The lowest BCUT2D eigenvalue weighted by Gasteiger charge is -2.16. The molecule has 1 atom stereocenters. The highest BCUT2D eigenvalue weighted by molar-refractivity contribution is 6.36. The molecule has 0 fully saturated rings. The van der Waals surface area contributed by atoms with Gasteiger partial charge in [0.05, 0.1) is 10.7 Å². The standard InChI is InChI=1S/C16H14Cl2N2O3/c1-9(16(21)20-13-4-2-10(17)6-12(13)18)19-11-3-5-14-15(7-11)23-8-22-14/h2-7,9,19H,8H2,1H3,(H,20,21). The summed E-state index contributed by atoms with van der Waals surface area (Å²) in [6, 6.07) is 9.85. The van der Waals surface area contributed by atoms with Crippen LogP contribution in [0, 0.1) is 0 Å². The van der Waals surface area contributed by atoms with Crippen molar-refractivity contribution in [2.24, 2.45) is 0 Å². The van der Waals surface area contributed by atoms with E-state index in [0.717, 1.165) is 5.69 Å². The predicted molar refractivity (Wildman–Crippen MR) is 90.7 cm³/mol. The summed E-state index contributed by atoms with van der Waals surface area (Å²) in [7, 11) is 0. The van der Waals surface area contributed by atoms with Crippen LogP contribution in [0.3, 0.4) is 0 Å². The van der Waals surface area contributed by atoms with Crippen LogP contribution < -0.4 is 20.1 Å². The lowest BCUT2D eigenvalue weighted by molar-refractivity contribution is -0.116. The molecule has 1 unspecified atom stereocenters. The summed E-state index contributed by atoms with van der Waals surface area (Å²) >= 11 is 11.9. The van der Waals surface area contributed by atoms with E-state index in [0.29, 0.717) is 27.2 Å². The fraction of sp³-hybridized carbons (Fsp3) is 0.188. The summed E-state index contributed by atoms with van der Waals surface area (Å²) in [6.45, 7) is 1.97. The number of rotatable bonds is 4. The molecule has 5 nitrogen and oxygen atoms in total. The van der Waals surface area contributed by atoms with Crippen LogP contribution in [0.25, 0.3) is 0 Å². The third kappa shape index (κ3) is 3.63. The molecule has 0 spiro atoms. The second-order valence-corrected chi connectivity index (χ2v) is 5.89. The highest BCUT2D eigenvalue weighted by Crippen LogP contribution is 2.34. The number of fused-ring (bicyclic) bond motifs is 1. The first-order chi connectivity index (χ1) is 11.0. The minimum Gasteiger partial charge on any atom is -0.454 e. The van der Waals surface area contributed by atoms with Crippen LogP contribution in [0.2, 0.25) is 10.0 Å². The second-order valence-electron chi connectivity index (χ2n) is 5.05. The number of hydrogen-bond acceptors (Lipinski definition) is 4. The number of carbonyl (C=O) groups excluding carboxylic acids is 1. The molecular weight excluding hydrogens is 339 g/mol. The molecule has 0 saturated heterocycles. The lowest BCUT2D eigenvalue weighted by Crippen LogP contribution is -2.31. The number of halogens is 2. The number of ether oxygens (including phenoxy) is 2. The van der Waals surface area contributed by atoms with E-state index in [1.54, 1.807) is 37.3 Å². The van der Waals surface area contributed by atoms with Crippen LogP contribution in [-0.2, 0) is 4.79 Å². The Morgan fingerprint density at radius 2 is 1.91 bits per heavy atom. The summed E-state index contributed by atoms with van der Waals surface area (Å²) in [5, 5.41) is 6.77. The van der Waals surface area contributed by atoms with E-state index >= 15 is 0 Å². The van der Waals surface area contributed by atoms with Gasteiger partial charge in [0.1, 0.15) is 6.04 Å².